The second-order valence-corrected chi connectivity index (χ2v) is 11.8. The van der Waals surface area contributed by atoms with Gasteiger partial charge in [-0.15, -0.1) is 0 Å². The Labute approximate surface area is 267 Å². The standard InChI is InChI=1S/C44H29NO/c1-2-10-30(11-3-1)34-14-8-16-37(26-34)45(38-25-20-31-12-4-5-13-33(31)27-38)36-23-21-32(22-24-36)39-18-9-15-35-28-44-42(29-41(35)39)40-17-6-7-19-43(40)46-44/h1-29H. The fraction of sp³-hybridized carbons (Fsp3) is 0. The molecular formula is C44H29NO. The van der Waals surface area contributed by atoms with E-state index in [0.29, 0.717) is 0 Å². The SMILES string of the molecule is c1ccc(-c2cccc(N(c3ccc(-c4cccc5cc6oc7ccccc7c6cc45)cc3)c3ccc4ccccc4c3)c2)cc1. The van der Waals surface area contributed by atoms with Gasteiger partial charge in [-0.1, -0.05) is 121 Å². The van der Waals surface area contributed by atoms with Crippen molar-refractivity contribution in [1.82, 2.24) is 0 Å². The summed E-state index contributed by atoms with van der Waals surface area (Å²) in [5.74, 6) is 0. The lowest BCUT2D eigenvalue weighted by molar-refractivity contribution is 0.669. The molecule has 9 rings (SSSR count). The Morgan fingerprint density at radius 3 is 1.91 bits per heavy atom. The number of hydrogen-bond donors (Lipinski definition) is 0. The third-order valence-corrected chi connectivity index (χ3v) is 9.02. The van der Waals surface area contributed by atoms with Gasteiger partial charge in [-0.2, -0.15) is 0 Å². The zero-order chi connectivity index (χ0) is 30.5. The van der Waals surface area contributed by atoms with Crippen LogP contribution in [0.3, 0.4) is 0 Å². The molecule has 2 nitrogen and oxygen atoms in total. The molecule has 0 radical (unpaired) electrons. The van der Waals surface area contributed by atoms with Crippen molar-refractivity contribution in [3.05, 3.63) is 176 Å². The Kier molecular flexibility index (Phi) is 6.17. The van der Waals surface area contributed by atoms with Gasteiger partial charge in [0.1, 0.15) is 11.2 Å². The molecule has 1 heterocycles. The smallest absolute Gasteiger partial charge is 0.136 e. The first-order chi connectivity index (χ1) is 22.8. The molecule has 0 N–H and O–H groups in total. The number of anilines is 3. The molecule has 0 saturated heterocycles. The summed E-state index contributed by atoms with van der Waals surface area (Å²) in [7, 11) is 0. The maximum Gasteiger partial charge on any atom is 0.136 e. The summed E-state index contributed by atoms with van der Waals surface area (Å²) in [5, 5.41) is 7.13. The Hall–Kier alpha value is -6.12. The Morgan fingerprint density at radius 2 is 1.02 bits per heavy atom. The maximum atomic E-state index is 6.19. The quantitative estimate of drug-likeness (QED) is 0.199. The highest BCUT2D eigenvalue weighted by Gasteiger charge is 2.16. The first kappa shape index (κ1) is 26.3. The summed E-state index contributed by atoms with van der Waals surface area (Å²) in [6.45, 7) is 0. The van der Waals surface area contributed by atoms with E-state index in [2.05, 4.69) is 169 Å². The minimum absolute atomic E-state index is 0.920. The lowest BCUT2D eigenvalue weighted by atomic mass is 9.96. The molecule has 9 aromatic rings. The molecule has 1 aromatic heterocycles. The van der Waals surface area contributed by atoms with Gasteiger partial charge in [0.05, 0.1) is 0 Å². The van der Waals surface area contributed by atoms with Crippen molar-refractivity contribution >= 4 is 60.5 Å². The average Bonchev–Trinajstić information content (AvgIpc) is 3.49. The van der Waals surface area contributed by atoms with E-state index < -0.39 is 0 Å². The van der Waals surface area contributed by atoms with Gasteiger partial charge in [-0.05, 0) is 98.4 Å². The third kappa shape index (κ3) is 4.51. The van der Waals surface area contributed by atoms with Crippen LogP contribution in [0.1, 0.15) is 0 Å². The maximum absolute atomic E-state index is 6.19. The molecule has 0 bridgehead atoms. The van der Waals surface area contributed by atoms with Gasteiger partial charge in [0, 0.05) is 27.8 Å². The second-order valence-electron chi connectivity index (χ2n) is 11.8. The molecule has 0 spiro atoms. The minimum atomic E-state index is 0.920. The Morgan fingerprint density at radius 1 is 0.326 bits per heavy atom. The van der Waals surface area contributed by atoms with Crippen molar-refractivity contribution in [3.63, 3.8) is 0 Å². The van der Waals surface area contributed by atoms with E-state index in [1.54, 1.807) is 0 Å². The van der Waals surface area contributed by atoms with Crippen molar-refractivity contribution < 1.29 is 4.42 Å². The summed E-state index contributed by atoms with van der Waals surface area (Å²) in [6.07, 6.45) is 0. The lowest BCUT2D eigenvalue weighted by Gasteiger charge is -2.26. The molecular weight excluding hydrogens is 558 g/mol. The highest BCUT2D eigenvalue weighted by Crippen LogP contribution is 2.40. The second kappa shape index (κ2) is 10.8. The number of nitrogens with zero attached hydrogens (tertiary/aromatic N) is 1. The molecule has 0 amide bonds. The molecule has 46 heavy (non-hydrogen) atoms. The molecule has 2 heteroatoms. The van der Waals surface area contributed by atoms with E-state index in [0.717, 1.165) is 39.0 Å². The molecule has 0 atom stereocenters. The van der Waals surface area contributed by atoms with Crippen LogP contribution in [0.2, 0.25) is 0 Å². The molecule has 0 saturated carbocycles. The number of hydrogen-bond acceptors (Lipinski definition) is 2. The van der Waals surface area contributed by atoms with Gasteiger partial charge in [-0.3, -0.25) is 0 Å². The molecule has 216 valence electrons. The van der Waals surface area contributed by atoms with E-state index >= 15 is 0 Å². The van der Waals surface area contributed by atoms with Crippen LogP contribution in [-0.2, 0) is 0 Å². The van der Waals surface area contributed by atoms with E-state index in [4.69, 9.17) is 4.42 Å². The number of furan rings is 1. The van der Waals surface area contributed by atoms with Gasteiger partial charge in [0.2, 0.25) is 0 Å². The summed E-state index contributed by atoms with van der Waals surface area (Å²) < 4.78 is 6.19. The van der Waals surface area contributed by atoms with Crippen molar-refractivity contribution in [3.8, 4) is 22.3 Å². The predicted molar refractivity (Wildman–Crippen MR) is 194 cm³/mol. The molecule has 0 aliphatic carbocycles. The summed E-state index contributed by atoms with van der Waals surface area (Å²) >= 11 is 0. The minimum Gasteiger partial charge on any atom is -0.456 e. The van der Waals surface area contributed by atoms with Gasteiger partial charge >= 0.3 is 0 Å². The van der Waals surface area contributed by atoms with Crippen molar-refractivity contribution in [1.29, 1.82) is 0 Å². The molecule has 0 fully saturated rings. The summed E-state index contributed by atoms with van der Waals surface area (Å²) in [6, 6.07) is 62.9. The van der Waals surface area contributed by atoms with Gasteiger partial charge in [0.25, 0.3) is 0 Å². The normalized spacial score (nSPS) is 11.5. The molecule has 0 aliphatic rings. The highest BCUT2D eigenvalue weighted by atomic mass is 16.3. The number of fused-ring (bicyclic) bond motifs is 5. The van der Waals surface area contributed by atoms with Crippen LogP contribution >= 0.6 is 0 Å². The van der Waals surface area contributed by atoms with Crippen molar-refractivity contribution in [2.75, 3.05) is 4.90 Å². The number of benzene rings is 8. The Balaban J connectivity index is 1.17. The van der Waals surface area contributed by atoms with Crippen molar-refractivity contribution in [2.24, 2.45) is 0 Å². The van der Waals surface area contributed by atoms with E-state index in [1.165, 1.54) is 43.8 Å². The van der Waals surface area contributed by atoms with E-state index in [1.807, 2.05) is 12.1 Å². The van der Waals surface area contributed by atoms with Crippen LogP contribution in [0.5, 0.6) is 0 Å². The van der Waals surface area contributed by atoms with Crippen LogP contribution < -0.4 is 4.90 Å². The average molecular weight is 588 g/mol. The Bertz CT molecular complexity index is 2530. The van der Waals surface area contributed by atoms with Crippen LogP contribution in [0.15, 0.2) is 180 Å². The topological polar surface area (TPSA) is 16.4 Å². The monoisotopic (exact) mass is 587 g/mol. The lowest BCUT2D eigenvalue weighted by Crippen LogP contribution is -2.10. The van der Waals surface area contributed by atoms with Gasteiger partial charge in [-0.25, -0.2) is 0 Å². The predicted octanol–water partition coefficient (Wildman–Crippen LogP) is 12.7. The molecule has 8 aromatic carbocycles. The van der Waals surface area contributed by atoms with Crippen molar-refractivity contribution in [2.45, 2.75) is 0 Å². The van der Waals surface area contributed by atoms with Crippen LogP contribution in [-0.4, -0.2) is 0 Å². The number of rotatable bonds is 5. The third-order valence-electron chi connectivity index (χ3n) is 9.02. The van der Waals surface area contributed by atoms with E-state index in [-0.39, 0.29) is 0 Å². The summed E-state index contributed by atoms with van der Waals surface area (Å²) in [4.78, 5) is 2.35. The largest absolute Gasteiger partial charge is 0.456 e. The van der Waals surface area contributed by atoms with Crippen LogP contribution in [0.4, 0.5) is 17.1 Å². The van der Waals surface area contributed by atoms with Crippen LogP contribution in [0, 0.1) is 0 Å². The van der Waals surface area contributed by atoms with Crippen LogP contribution in [0.25, 0.3) is 65.7 Å². The van der Waals surface area contributed by atoms with E-state index in [9.17, 15) is 0 Å². The van der Waals surface area contributed by atoms with Gasteiger partial charge in [0.15, 0.2) is 0 Å². The fourth-order valence-electron chi connectivity index (χ4n) is 6.76. The number of para-hydroxylation sites is 1. The van der Waals surface area contributed by atoms with Gasteiger partial charge < -0.3 is 9.32 Å². The zero-order valence-corrected chi connectivity index (χ0v) is 25.1. The zero-order valence-electron chi connectivity index (χ0n) is 25.1. The first-order valence-electron chi connectivity index (χ1n) is 15.7. The summed E-state index contributed by atoms with van der Waals surface area (Å²) in [5.41, 5.74) is 9.96. The molecule has 0 unspecified atom stereocenters. The molecule has 0 aliphatic heterocycles. The first-order valence-corrected chi connectivity index (χ1v) is 15.7. The highest BCUT2D eigenvalue weighted by molar-refractivity contribution is 6.12. The fourth-order valence-corrected chi connectivity index (χ4v) is 6.76.